The number of benzene rings is 6. The number of amides is 1. The van der Waals surface area contributed by atoms with E-state index < -0.39 is 6.09 Å². The molecule has 0 saturated heterocycles. The minimum atomic E-state index is -0.479. The van der Waals surface area contributed by atoms with Gasteiger partial charge in [0, 0.05) is 16.5 Å². The molecule has 0 saturated carbocycles. The van der Waals surface area contributed by atoms with Crippen LogP contribution in [-0.4, -0.2) is 6.09 Å². The second kappa shape index (κ2) is 10.5. The van der Waals surface area contributed by atoms with Gasteiger partial charge in [0.25, 0.3) is 0 Å². The average molecular weight is 492 g/mol. The topological polar surface area (TPSA) is 29.5 Å². The van der Waals surface area contributed by atoms with Crippen molar-refractivity contribution in [3.63, 3.8) is 0 Å². The summed E-state index contributed by atoms with van der Waals surface area (Å²) >= 11 is 0. The maximum Gasteiger partial charge on any atom is 0.424 e. The van der Waals surface area contributed by atoms with Crippen LogP contribution in [0.2, 0.25) is 0 Å². The van der Waals surface area contributed by atoms with Crippen molar-refractivity contribution in [2.24, 2.45) is 0 Å². The first-order valence-corrected chi connectivity index (χ1v) is 12.6. The van der Waals surface area contributed by atoms with Gasteiger partial charge in [0.05, 0.1) is 11.4 Å². The molecule has 0 radical (unpaired) electrons. The standard InChI is InChI=1S/C35H25NO2/c37-35(38-34-25-13-19-28-18-7-8-22-31(28)34)36(32-23-11-9-20-29(32)26-14-3-1-4-15-26)33-24-12-10-21-30(33)27-16-5-2-6-17-27/h1-25H. The Morgan fingerprint density at radius 1 is 0.474 bits per heavy atom. The number of ether oxygens (including phenoxy) is 1. The van der Waals surface area contributed by atoms with Crippen LogP contribution in [0.4, 0.5) is 16.2 Å². The summed E-state index contributed by atoms with van der Waals surface area (Å²) in [7, 11) is 0. The number of rotatable bonds is 5. The lowest BCUT2D eigenvalue weighted by Gasteiger charge is -2.27. The zero-order valence-electron chi connectivity index (χ0n) is 20.7. The molecular formula is C35H25NO2. The molecule has 38 heavy (non-hydrogen) atoms. The molecule has 0 aromatic heterocycles. The molecule has 182 valence electrons. The Morgan fingerprint density at radius 3 is 1.55 bits per heavy atom. The Morgan fingerprint density at radius 2 is 0.947 bits per heavy atom. The molecular weight excluding hydrogens is 466 g/mol. The molecule has 0 spiro atoms. The van der Waals surface area contributed by atoms with Crippen LogP contribution in [-0.2, 0) is 0 Å². The van der Waals surface area contributed by atoms with Crippen molar-refractivity contribution in [3.8, 4) is 28.0 Å². The van der Waals surface area contributed by atoms with E-state index in [1.165, 1.54) is 0 Å². The molecule has 0 N–H and O–H groups in total. The van der Waals surface area contributed by atoms with Crippen LogP contribution >= 0.6 is 0 Å². The zero-order valence-corrected chi connectivity index (χ0v) is 20.7. The van der Waals surface area contributed by atoms with Crippen LogP contribution < -0.4 is 9.64 Å². The summed E-state index contributed by atoms with van der Waals surface area (Å²) in [6.45, 7) is 0. The second-order valence-electron chi connectivity index (χ2n) is 8.95. The van der Waals surface area contributed by atoms with Gasteiger partial charge >= 0.3 is 6.09 Å². The van der Waals surface area contributed by atoms with Crippen LogP contribution in [0, 0.1) is 0 Å². The number of carbonyl (C=O) groups is 1. The van der Waals surface area contributed by atoms with Gasteiger partial charge in [-0.15, -0.1) is 0 Å². The number of fused-ring (bicyclic) bond motifs is 1. The van der Waals surface area contributed by atoms with E-state index in [-0.39, 0.29) is 0 Å². The molecule has 0 bridgehead atoms. The molecule has 0 heterocycles. The SMILES string of the molecule is O=C(Oc1cccc2ccccc12)N(c1ccccc1-c1ccccc1)c1ccccc1-c1ccccc1. The summed E-state index contributed by atoms with van der Waals surface area (Å²) in [5.74, 6) is 0.521. The predicted molar refractivity (Wildman–Crippen MR) is 156 cm³/mol. The molecule has 0 atom stereocenters. The van der Waals surface area contributed by atoms with E-state index in [0.717, 1.165) is 44.4 Å². The van der Waals surface area contributed by atoms with Gasteiger partial charge in [0.15, 0.2) is 0 Å². The summed E-state index contributed by atoms with van der Waals surface area (Å²) in [4.78, 5) is 15.9. The third-order valence-corrected chi connectivity index (χ3v) is 6.59. The Balaban J connectivity index is 1.54. The van der Waals surface area contributed by atoms with Gasteiger partial charge in [-0.3, -0.25) is 0 Å². The van der Waals surface area contributed by atoms with Crippen molar-refractivity contribution in [3.05, 3.63) is 152 Å². The summed E-state index contributed by atoms with van der Waals surface area (Å²) in [6, 6.07) is 49.8. The maximum atomic E-state index is 14.2. The van der Waals surface area contributed by atoms with Crippen molar-refractivity contribution in [2.45, 2.75) is 0 Å². The Kier molecular flexibility index (Phi) is 6.40. The zero-order chi connectivity index (χ0) is 25.7. The molecule has 6 rings (SSSR count). The van der Waals surface area contributed by atoms with Gasteiger partial charge in [-0.2, -0.15) is 0 Å². The third-order valence-electron chi connectivity index (χ3n) is 6.59. The summed E-state index contributed by atoms with van der Waals surface area (Å²) in [6.07, 6.45) is -0.479. The molecule has 0 unspecified atom stereocenters. The van der Waals surface area contributed by atoms with Gasteiger partial charge in [0.1, 0.15) is 5.75 Å². The first-order chi connectivity index (χ1) is 18.8. The normalized spacial score (nSPS) is 10.7. The van der Waals surface area contributed by atoms with Crippen LogP contribution in [0.25, 0.3) is 33.0 Å². The monoisotopic (exact) mass is 491 g/mol. The lowest BCUT2D eigenvalue weighted by Crippen LogP contribution is -2.30. The highest BCUT2D eigenvalue weighted by atomic mass is 16.6. The number of carbonyl (C=O) groups excluding carboxylic acids is 1. The van der Waals surface area contributed by atoms with E-state index in [0.29, 0.717) is 5.75 Å². The maximum absolute atomic E-state index is 14.2. The van der Waals surface area contributed by atoms with Crippen LogP contribution in [0.5, 0.6) is 5.75 Å². The minimum Gasteiger partial charge on any atom is -0.409 e. The number of hydrogen-bond acceptors (Lipinski definition) is 2. The molecule has 6 aromatic rings. The fourth-order valence-electron chi connectivity index (χ4n) is 4.81. The molecule has 3 nitrogen and oxygen atoms in total. The number of para-hydroxylation sites is 2. The average Bonchev–Trinajstić information content (AvgIpc) is 2.99. The largest absolute Gasteiger partial charge is 0.424 e. The Hall–Kier alpha value is -5.15. The first-order valence-electron chi connectivity index (χ1n) is 12.6. The smallest absolute Gasteiger partial charge is 0.409 e. The molecule has 3 heteroatoms. The second-order valence-corrected chi connectivity index (χ2v) is 8.95. The molecule has 0 aliphatic heterocycles. The third kappa shape index (κ3) is 4.54. The van der Waals surface area contributed by atoms with Crippen molar-refractivity contribution >= 4 is 28.2 Å². The lowest BCUT2D eigenvalue weighted by atomic mass is 10.00. The lowest BCUT2D eigenvalue weighted by molar-refractivity contribution is 0.211. The highest BCUT2D eigenvalue weighted by Crippen LogP contribution is 2.40. The fourth-order valence-corrected chi connectivity index (χ4v) is 4.81. The van der Waals surface area contributed by atoms with Crippen molar-refractivity contribution in [1.29, 1.82) is 0 Å². The molecule has 0 aliphatic rings. The number of nitrogens with zero attached hydrogens (tertiary/aromatic N) is 1. The summed E-state index contributed by atoms with van der Waals surface area (Å²) in [5, 5.41) is 1.90. The van der Waals surface area contributed by atoms with Crippen LogP contribution in [0.15, 0.2) is 152 Å². The highest BCUT2D eigenvalue weighted by Gasteiger charge is 2.26. The fraction of sp³-hybridized carbons (Fsp3) is 0. The number of hydrogen-bond donors (Lipinski definition) is 0. The van der Waals surface area contributed by atoms with Crippen molar-refractivity contribution < 1.29 is 9.53 Å². The quantitative estimate of drug-likeness (QED) is 0.240. The van der Waals surface area contributed by atoms with E-state index in [4.69, 9.17) is 4.74 Å². The molecule has 6 aromatic carbocycles. The van der Waals surface area contributed by atoms with E-state index in [2.05, 4.69) is 24.3 Å². The predicted octanol–water partition coefficient (Wildman–Crippen LogP) is 9.51. The van der Waals surface area contributed by atoms with E-state index >= 15 is 0 Å². The summed E-state index contributed by atoms with van der Waals surface area (Å²) in [5.41, 5.74) is 5.39. The highest BCUT2D eigenvalue weighted by molar-refractivity contribution is 6.05. The molecule has 0 fully saturated rings. The minimum absolute atomic E-state index is 0.479. The Labute approximate surface area is 222 Å². The van der Waals surface area contributed by atoms with Gasteiger partial charge in [0.2, 0.25) is 0 Å². The summed E-state index contributed by atoms with van der Waals surface area (Å²) < 4.78 is 6.17. The van der Waals surface area contributed by atoms with Gasteiger partial charge in [-0.25, -0.2) is 9.69 Å². The number of anilines is 2. The van der Waals surface area contributed by atoms with E-state index in [9.17, 15) is 4.79 Å². The van der Waals surface area contributed by atoms with Gasteiger partial charge in [-0.1, -0.05) is 133 Å². The van der Waals surface area contributed by atoms with Crippen molar-refractivity contribution in [1.82, 2.24) is 0 Å². The van der Waals surface area contributed by atoms with Crippen LogP contribution in [0.3, 0.4) is 0 Å². The van der Waals surface area contributed by atoms with Crippen LogP contribution in [0.1, 0.15) is 0 Å². The Bertz CT molecular complexity index is 1620. The van der Waals surface area contributed by atoms with Crippen molar-refractivity contribution in [2.75, 3.05) is 4.90 Å². The molecule has 0 aliphatic carbocycles. The first kappa shape index (κ1) is 23.3. The van der Waals surface area contributed by atoms with Gasteiger partial charge in [-0.05, 0) is 34.7 Å². The molecule has 1 amide bonds. The van der Waals surface area contributed by atoms with E-state index in [1.807, 2.05) is 127 Å². The van der Waals surface area contributed by atoms with Gasteiger partial charge < -0.3 is 4.74 Å². The van der Waals surface area contributed by atoms with E-state index in [1.54, 1.807) is 4.90 Å².